The Balaban J connectivity index is 1.23. The van der Waals surface area contributed by atoms with E-state index in [1.807, 2.05) is 0 Å². The molecule has 32 heavy (non-hydrogen) atoms. The molecule has 0 bridgehead atoms. The monoisotopic (exact) mass is 458 g/mol. The molecule has 2 aliphatic heterocycles. The molecule has 1 aromatic carbocycles. The molecule has 2 heterocycles. The van der Waals surface area contributed by atoms with Crippen LogP contribution in [0.2, 0.25) is 0 Å². The molecule has 0 amide bonds. The number of piperidine rings is 1. The summed E-state index contributed by atoms with van der Waals surface area (Å²) in [6.07, 6.45) is 10.8. The Labute approximate surface area is 197 Å². The first-order valence-electron chi connectivity index (χ1n) is 12.3. The smallest absolute Gasteiger partial charge is 0.231 e. The predicted octanol–water partition coefficient (Wildman–Crippen LogP) is 3.88. The molecule has 1 unspecified atom stereocenters. The van der Waals surface area contributed by atoms with Crippen molar-refractivity contribution in [1.29, 1.82) is 0 Å². The average Bonchev–Trinajstić information content (AvgIpc) is 2.83. The van der Waals surface area contributed by atoms with Crippen molar-refractivity contribution in [2.45, 2.75) is 70.8 Å². The summed E-state index contributed by atoms with van der Waals surface area (Å²) in [4.78, 5) is 6.97. The zero-order chi connectivity index (χ0) is 22.2. The van der Waals surface area contributed by atoms with Crippen LogP contribution in [0.5, 0.6) is 0 Å². The number of aryl methyl sites for hydroxylation is 1. The highest BCUT2D eigenvalue weighted by Crippen LogP contribution is 2.33. The maximum absolute atomic E-state index is 6.32. The van der Waals surface area contributed by atoms with Crippen molar-refractivity contribution in [3.63, 3.8) is 0 Å². The van der Waals surface area contributed by atoms with E-state index < -0.39 is 0 Å². The molecular weight excluding hydrogens is 420 g/mol. The minimum Gasteiger partial charge on any atom is -0.378 e. The summed E-state index contributed by atoms with van der Waals surface area (Å²) in [5.41, 5.74) is 10.3. The maximum Gasteiger partial charge on any atom is 0.231 e. The maximum atomic E-state index is 6.32. The number of nitrogens with two attached hydrogens (primary N) is 1. The van der Waals surface area contributed by atoms with Crippen molar-refractivity contribution in [3.05, 3.63) is 29.3 Å². The Morgan fingerprint density at radius 3 is 2.94 bits per heavy atom. The van der Waals surface area contributed by atoms with Crippen molar-refractivity contribution in [2.75, 3.05) is 37.7 Å². The highest BCUT2D eigenvalue weighted by Gasteiger charge is 2.24. The molecule has 1 aromatic rings. The number of rotatable bonds is 9. The van der Waals surface area contributed by atoms with E-state index in [1.165, 1.54) is 61.3 Å². The number of nitrogens with one attached hydrogen (secondary N) is 1. The molecule has 8 heteroatoms. The minimum atomic E-state index is 0.319. The van der Waals surface area contributed by atoms with Crippen molar-refractivity contribution in [1.82, 2.24) is 9.62 Å². The van der Waals surface area contributed by atoms with Crippen LogP contribution in [0.4, 0.5) is 5.69 Å². The minimum absolute atomic E-state index is 0.319. The van der Waals surface area contributed by atoms with Crippen LogP contribution in [0.1, 0.15) is 63.0 Å². The summed E-state index contributed by atoms with van der Waals surface area (Å²) >= 11 is 1.38. The van der Waals surface area contributed by atoms with Gasteiger partial charge in [0.2, 0.25) is 11.9 Å². The van der Waals surface area contributed by atoms with Crippen LogP contribution in [0, 0.1) is 0 Å². The summed E-state index contributed by atoms with van der Waals surface area (Å²) in [6.45, 7) is 7.07. The van der Waals surface area contributed by atoms with Gasteiger partial charge in [-0.2, -0.15) is 9.39 Å². The van der Waals surface area contributed by atoms with Crippen LogP contribution in [0.25, 0.3) is 0 Å². The van der Waals surface area contributed by atoms with Gasteiger partial charge in [-0.3, -0.25) is 4.31 Å². The molecule has 0 spiro atoms. The van der Waals surface area contributed by atoms with Gasteiger partial charge in [0.25, 0.3) is 0 Å². The fraction of sp³-hybridized carbons (Fsp3) is 0.667. The van der Waals surface area contributed by atoms with Gasteiger partial charge in [0.1, 0.15) is 0 Å². The first-order chi connectivity index (χ1) is 15.7. The number of ether oxygens (including phenoxy) is 1. The van der Waals surface area contributed by atoms with E-state index in [2.05, 4.69) is 49.0 Å². The van der Waals surface area contributed by atoms with Gasteiger partial charge in [0.05, 0.1) is 18.2 Å². The Morgan fingerprint density at radius 1 is 1.22 bits per heavy atom. The number of nitrogens with zero attached hydrogens (tertiary/aromatic N) is 4. The molecule has 1 atom stereocenters. The van der Waals surface area contributed by atoms with Crippen molar-refractivity contribution < 1.29 is 4.74 Å². The summed E-state index contributed by atoms with van der Waals surface area (Å²) in [5, 5.41) is 3.42. The van der Waals surface area contributed by atoms with Gasteiger partial charge in [0, 0.05) is 44.9 Å². The van der Waals surface area contributed by atoms with Crippen LogP contribution in [0.15, 0.2) is 27.6 Å². The number of aliphatic imine (C=N–C) groups is 1. The van der Waals surface area contributed by atoms with Crippen LogP contribution in [-0.2, 0) is 17.6 Å². The number of fused-ring (bicyclic) bond motifs is 1. The lowest BCUT2D eigenvalue weighted by Crippen LogP contribution is -2.41. The Kier molecular flexibility index (Phi) is 8.56. The lowest BCUT2D eigenvalue weighted by atomic mass is 9.88. The molecule has 3 aliphatic rings. The third-order valence-electron chi connectivity index (χ3n) is 6.47. The van der Waals surface area contributed by atoms with Crippen LogP contribution in [0.3, 0.4) is 0 Å². The van der Waals surface area contributed by atoms with E-state index in [1.54, 1.807) is 0 Å². The zero-order valence-corrected chi connectivity index (χ0v) is 20.2. The third-order valence-corrected chi connectivity index (χ3v) is 7.30. The van der Waals surface area contributed by atoms with Gasteiger partial charge in [-0.15, -0.1) is 0 Å². The van der Waals surface area contributed by atoms with Gasteiger partial charge in [0.15, 0.2) is 0 Å². The third kappa shape index (κ3) is 6.10. The van der Waals surface area contributed by atoms with E-state index in [0.717, 1.165) is 64.2 Å². The zero-order valence-electron chi connectivity index (χ0n) is 19.4. The first kappa shape index (κ1) is 23.2. The molecule has 7 nitrogen and oxygen atoms in total. The second kappa shape index (κ2) is 11.8. The number of benzene rings is 1. The lowest BCUT2D eigenvalue weighted by Gasteiger charge is -2.34. The fourth-order valence-corrected chi connectivity index (χ4v) is 5.34. The number of hydrogen-bond acceptors (Lipinski definition) is 8. The molecule has 0 aromatic heterocycles. The van der Waals surface area contributed by atoms with Crippen LogP contribution in [-0.4, -0.2) is 55.1 Å². The number of hydrogen-bond donors (Lipinski definition) is 2. The van der Waals surface area contributed by atoms with Crippen molar-refractivity contribution in [2.24, 2.45) is 15.1 Å². The van der Waals surface area contributed by atoms with E-state index in [-0.39, 0.29) is 0 Å². The van der Waals surface area contributed by atoms with Crippen molar-refractivity contribution in [3.8, 4) is 0 Å². The molecule has 0 saturated carbocycles. The fourth-order valence-electron chi connectivity index (χ4n) is 4.72. The highest BCUT2D eigenvalue weighted by atomic mass is 32.2. The lowest BCUT2D eigenvalue weighted by molar-refractivity contribution is 0.0433. The Hall–Kier alpha value is -1.93. The van der Waals surface area contributed by atoms with Crippen LogP contribution >= 0.6 is 12.1 Å². The normalized spacial score (nSPS) is 21.1. The second-order valence-corrected chi connectivity index (χ2v) is 9.69. The number of anilines is 1. The molecule has 1 aliphatic carbocycles. The molecule has 1 saturated heterocycles. The first-order valence-corrected chi connectivity index (χ1v) is 13.1. The van der Waals surface area contributed by atoms with E-state index in [0.29, 0.717) is 12.1 Å². The van der Waals surface area contributed by atoms with E-state index in [9.17, 15) is 0 Å². The van der Waals surface area contributed by atoms with Gasteiger partial charge in [-0.25, -0.2) is 0 Å². The van der Waals surface area contributed by atoms with E-state index >= 15 is 0 Å². The summed E-state index contributed by atoms with van der Waals surface area (Å²) in [7, 11) is 0. The number of unbranched alkanes of at least 4 members (excludes halogenated alkanes) is 1. The molecule has 3 N–H and O–H groups in total. The average molecular weight is 459 g/mol. The van der Waals surface area contributed by atoms with Gasteiger partial charge in [-0.05, 0) is 62.1 Å². The highest BCUT2D eigenvalue weighted by molar-refractivity contribution is 7.96. The summed E-state index contributed by atoms with van der Waals surface area (Å²) in [6, 6.07) is 6.87. The predicted molar refractivity (Wildman–Crippen MR) is 135 cm³/mol. The van der Waals surface area contributed by atoms with Crippen LogP contribution < -0.4 is 16.0 Å². The largest absolute Gasteiger partial charge is 0.378 e. The molecule has 4 rings (SSSR count). The van der Waals surface area contributed by atoms with E-state index in [4.69, 9.17) is 10.5 Å². The van der Waals surface area contributed by atoms with Gasteiger partial charge < -0.3 is 20.7 Å². The SMILES string of the molecule is CCCCN1SN=C(N)N=C1NCCCOC1CCc2cccc(N3CCCCC3)c2C1. The molecule has 0 radical (unpaired) electrons. The Morgan fingerprint density at radius 2 is 2.09 bits per heavy atom. The number of guanidine groups is 2. The topological polar surface area (TPSA) is 78.5 Å². The van der Waals surface area contributed by atoms with Gasteiger partial charge in [-0.1, -0.05) is 25.5 Å². The Bertz CT molecular complexity index is 808. The van der Waals surface area contributed by atoms with Crippen molar-refractivity contribution >= 4 is 29.7 Å². The second-order valence-electron chi connectivity index (χ2n) is 8.90. The summed E-state index contributed by atoms with van der Waals surface area (Å²) in [5.74, 6) is 1.14. The molecule has 176 valence electrons. The molecular formula is C24H38N6OS. The molecule has 1 fully saturated rings. The standard InChI is InChI=1S/C24H38N6OS/c1-2-3-16-30-24(27-23(25)28-32-30)26-13-8-17-31-20-12-11-19-9-7-10-22(21(19)18-20)29-14-5-4-6-15-29/h7,9-10,20H,2-6,8,11-18H2,1H3,(H3,25,26,27,28). The quantitative estimate of drug-likeness (QED) is 0.432. The van der Waals surface area contributed by atoms with Gasteiger partial charge >= 0.3 is 0 Å². The summed E-state index contributed by atoms with van der Waals surface area (Å²) < 4.78 is 12.6.